The number of hydrogen-bond donors (Lipinski definition) is 1. The molecule has 3 aromatic rings. The third-order valence-electron chi connectivity index (χ3n) is 5.52. The summed E-state index contributed by atoms with van der Waals surface area (Å²) in [4.78, 5) is 43.3. The van der Waals surface area contributed by atoms with Gasteiger partial charge < -0.3 is 10.1 Å². The van der Waals surface area contributed by atoms with Crippen molar-refractivity contribution in [3.8, 4) is 0 Å². The summed E-state index contributed by atoms with van der Waals surface area (Å²) in [5.74, 6) is -0.295. The molecule has 8 heteroatoms. The maximum absolute atomic E-state index is 12.8. The molecule has 0 saturated carbocycles. The molecule has 1 aliphatic carbocycles. The quantitative estimate of drug-likeness (QED) is 0.648. The lowest BCUT2D eigenvalue weighted by atomic mass is 9.88. The van der Waals surface area contributed by atoms with Gasteiger partial charge in [-0.1, -0.05) is 19.1 Å². The number of aromatic nitrogens is 2. The molecule has 0 aliphatic heterocycles. The first-order chi connectivity index (χ1) is 14.4. The number of nitrogens with one attached hydrogen (secondary N) is 1. The minimum Gasteiger partial charge on any atom is -0.465 e. The molecule has 0 fully saturated rings. The Labute approximate surface area is 177 Å². The van der Waals surface area contributed by atoms with E-state index in [1.54, 1.807) is 12.1 Å². The number of methoxy groups -OCH3 is 1. The van der Waals surface area contributed by atoms with Crippen molar-refractivity contribution in [2.75, 3.05) is 12.4 Å². The summed E-state index contributed by atoms with van der Waals surface area (Å²) in [6, 6.07) is 5.39. The van der Waals surface area contributed by atoms with Crippen molar-refractivity contribution in [1.82, 2.24) is 9.55 Å². The monoisotopic (exact) mass is 425 g/mol. The van der Waals surface area contributed by atoms with E-state index < -0.39 is 5.97 Å². The van der Waals surface area contributed by atoms with Crippen LogP contribution in [0.3, 0.4) is 0 Å². The molecule has 0 bridgehead atoms. The molecular formula is C22H23N3O4S. The topological polar surface area (TPSA) is 90.3 Å². The van der Waals surface area contributed by atoms with Gasteiger partial charge in [-0.05, 0) is 49.3 Å². The molecule has 7 nitrogen and oxygen atoms in total. The molecule has 1 amide bonds. The molecule has 0 saturated heterocycles. The van der Waals surface area contributed by atoms with Crippen molar-refractivity contribution < 1.29 is 14.3 Å². The van der Waals surface area contributed by atoms with Crippen LogP contribution in [0.5, 0.6) is 0 Å². The number of thiophene rings is 1. The van der Waals surface area contributed by atoms with Gasteiger partial charge in [0.25, 0.3) is 5.56 Å². The van der Waals surface area contributed by atoms with E-state index in [0.29, 0.717) is 27.4 Å². The number of carbonyl (C=O) groups excluding carboxylic acids is 2. The third kappa shape index (κ3) is 3.63. The maximum atomic E-state index is 12.8. The highest BCUT2D eigenvalue weighted by Crippen LogP contribution is 2.40. The summed E-state index contributed by atoms with van der Waals surface area (Å²) in [7, 11) is 1.34. The Hall–Kier alpha value is -3.00. The van der Waals surface area contributed by atoms with Gasteiger partial charge in [0.2, 0.25) is 5.91 Å². The van der Waals surface area contributed by atoms with E-state index in [-0.39, 0.29) is 18.0 Å². The summed E-state index contributed by atoms with van der Waals surface area (Å²) < 4.78 is 6.24. The molecule has 1 aromatic carbocycles. The molecule has 2 aromatic heterocycles. The van der Waals surface area contributed by atoms with Gasteiger partial charge in [-0.3, -0.25) is 14.2 Å². The zero-order chi connectivity index (χ0) is 21.4. The van der Waals surface area contributed by atoms with Crippen LogP contribution in [-0.4, -0.2) is 28.5 Å². The minimum atomic E-state index is -0.447. The smallest absolute Gasteiger partial charge is 0.341 e. The number of amides is 1. The van der Waals surface area contributed by atoms with Crippen molar-refractivity contribution in [2.24, 2.45) is 5.92 Å². The van der Waals surface area contributed by atoms with Gasteiger partial charge in [0.05, 0.1) is 29.9 Å². The lowest BCUT2D eigenvalue weighted by molar-refractivity contribution is -0.116. The second-order valence-corrected chi connectivity index (χ2v) is 8.85. The van der Waals surface area contributed by atoms with Crippen molar-refractivity contribution in [3.63, 3.8) is 0 Å². The van der Waals surface area contributed by atoms with Crippen LogP contribution in [0.25, 0.3) is 10.9 Å². The van der Waals surface area contributed by atoms with Crippen LogP contribution in [0.15, 0.2) is 29.3 Å². The van der Waals surface area contributed by atoms with E-state index in [0.717, 1.165) is 35.3 Å². The molecule has 1 unspecified atom stereocenters. The van der Waals surface area contributed by atoms with Gasteiger partial charge in [-0.25, -0.2) is 9.78 Å². The third-order valence-corrected chi connectivity index (χ3v) is 6.69. The molecule has 1 aliphatic rings. The van der Waals surface area contributed by atoms with Crippen LogP contribution >= 0.6 is 11.3 Å². The molecule has 4 rings (SSSR count). The van der Waals surface area contributed by atoms with Crippen LogP contribution in [0.2, 0.25) is 0 Å². The van der Waals surface area contributed by atoms with E-state index in [1.165, 1.54) is 29.3 Å². The van der Waals surface area contributed by atoms with Crippen molar-refractivity contribution in [2.45, 2.75) is 39.7 Å². The molecule has 0 spiro atoms. The van der Waals surface area contributed by atoms with E-state index in [4.69, 9.17) is 4.74 Å². The molecule has 1 atom stereocenters. The molecule has 2 heterocycles. The molecular weight excluding hydrogens is 402 g/mol. The number of esters is 1. The Kier molecular flexibility index (Phi) is 5.42. The van der Waals surface area contributed by atoms with Gasteiger partial charge in [0.1, 0.15) is 11.5 Å². The molecule has 0 radical (unpaired) electrons. The number of benzene rings is 1. The number of para-hydroxylation sites is 1. The van der Waals surface area contributed by atoms with Gasteiger partial charge in [0, 0.05) is 4.88 Å². The Morgan fingerprint density at radius 2 is 2.17 bits per heavy atom. The van der Waals surface area contributed by atoms with Crippen molar-refractivity contribution >= 4 is 39.1 Å². The zero-order valence-corrected chi connectivity index (χ0v) is 18.0. The average molecular weight is 426 g/mol. The summed E-state index contributed by atoms with van der Waals surface area (Å²) in [6.07, 6.45) is 4.06. The van der Waals surface area contributed by atoms with Gasteiger partial charge >= 0.3 is 5.97 Å². The number of hydrogen-bond acceptors (Lipinski definition) is 6. The van der Waals surface area contributed by atoms with Gasteiger partial charge in [-0.2, -0.15) is 0 Å². The first kappa shape index (κ1) is 20.3. The standard InChI is InChI=1S/C22H23N3O4S/c1-12-7-8-14-16(9-12)30-20(18(14)22(28)29-3)24-17(26)10-25-11-23-19-13(2)5-4-6-15(19)21(25)27/h4-6,11-12H,7-10H2,1-3H3,(H,24,26). The van der Waals surface area contributed by atoms with E-state index in [1.807, 2.05) is 13.0 Å². The summed E-state index contributed by atoms with van der Waals surface area (Å²) >= 11 is 1.42. The fraction of sp³-hybridized carbons (Fsp3) is 0.364. The van der Waals surface area contributed by atoms with E-state index in [2.05, 4.69) is 17.2 Å². The van der Waals surface area contributed by atoms with Crippen LogP contribution < -0.4 is 10.9 Å². The van der Waals surface area contributed by atoms with Crippen molar-refractivity contribution in [3.05, 3.63) is 56.4 Å². The highest BCUT2D eigenvalue weighted by atomic mass is 32.1. The minimum absolute atomic E-state index is 0.185. The lowest BCUT2D eigenvalue weighted by Crippen LogP contribution is -2.28. The Morgan fingerprint density at radius 3 is 2.93 bits per heavy atom. The lowest BCUT2D eigenvalue weighted by Gasteiger charge is -2.18. The number of anilines is 1. The number of nitrogens with zero attached hydrogens (tertiary/aromatic N) is 2. The predicted molar refractivity (Wildman–Crippen MR) is 116 cm³/mol. The average Bonchev–Trinajstić information content (AvgIpc) is 3.06. The summed E-state index contributed by atoms with van der Waals surface area (Å²) in [6.45, 7) is 3.88. The SMILES string of the molecule is COC(=O)c1c(NC(=O)Cn2cnc3c(C)cccc3c2=O)sc2c1CCC(C)C2. The van der Waals surface area contributed by atoms with Crippen LogP contribution in [0.1, 0.15) is 39.7 Å². The Bertz CT molecular complexity index is 1210. The zero-order valence-electron chi connectivity index (χ0n) is 17.2. The Balaban J connectivity index is 1.62. The van der Waals surface area contributed by atoms with Crippen LogP contribution in [0.4, 0.5) is 5.00 Å². The van der Waals surface area contributed by atoms with Crippen molar-refractivity contribution in [1.29, 1.82) is 0 Å². The number of fused-ring (bicyclic) bond motifs is 2. The van der Waals surface area contributed by atoms with Crippen LogP contribution in [-0.2, 0) is 28.9 Å². The second-order valence-electron chi connectivity index (χ2n) is 7.74. The van der Waals surface area contributed by atoms with E-state index >= 15 is 0 Å². The van der Waals surface area contributed by atoms with E-state index in [9.17, 15) is 14.4 Å². The number of rotatable bonds is 4. The van der Waals surface area contributed by atoms with Gasteiger partial charge in [-0.15, -0.1) is 11.3 Å². The number of carbonyl (C=O) groups is 2. The highest BCUT2D eigenvalue weighted by Gasteiger charge is 2.29. The highest BCUT2D eigenvalue weighted by molar-refractivity contribution is 7.17. The maximum Gasteiger partial charge on any atom is 0.341 e. The summed E-state index contributed by atoms with van der Waals surface area (Å²) in [5, 5.41) is 3.79. The van der Waals surface area contributed by atoms with Crippen LogP contribution in [0, 0.1) is 12.8 Å². The first-order valence-electron chi connectivity index (χ1n) is 9.86. The largest absolute Gasteiger partial charge is 0.465 e. The molecule has 30 heavy (non-hydrogen) atoms. The second kappa shape index (κ2) is 8.02. The molecule has 156 valence electrons. The number of aryl methyl sites for hydroxylation is 1. The van der Waals surface area contributed by atoms with Gasteiger partial charge in [0.15, 0.2) is 0 Å². The fourth-order valence-electron chi connectivity index (χ4n) is 3.93. The normalized spacial score (nSPS) is 15.6. The Morgan fingerprint density at radius 1 is 1.37 bits per heavy atom. The number of ether oxygens (including phenoxy) is 1. The molecule has 1 N–H and O–H groups in total. The first-order valence-corrected chi connectivity index (χ1v) is 10.7. The summed E-state index contributed by atoms with van der Waals surface area (Å²) in [5.41, 5.74) is 2.68. The fourth-order valence-corrected chi connectivity index (χ4v) is 5.34. The predicted octanol–water partition coefficient (Wildman–Crippen LogP) is 3.32.